The predicted octanol–water partition coefficient (Wildman–Crippen LogP) is 5.50. The zero-order valence-corrected chi connectivity index (χ0v) is 21.1. The lowest BCUT2D eigenvalue weighted by molar-refractivity contribution is -0.139. The number of fused-ring (bicyclic) bond motifs is 1. The van der Waals surface area contributed by atoms with Crippen LogP contribution in [0.1, 0.15) is 22.7 Å². The number of likely N-dealkylation sites (tertiary alicyclic amines) is 1. The first kappa shape index (κ1) is 24.5. The summed E-state index contributed by atoms with van der Waals surface area (Å²) in [5.74, 6) is -0.338. The van der Waals surface area contributed by atoms with E-state index in [4.69, 9.17) is 21.1 Å². The maximum atomic E-state index is 13.3. The van der Waals surface area contributed by atoms with Crippen molar-refractivity contribution < 1.29 is 24.2 Å². The molecule has 37 heavy (non-hydrogen) atoms. The number of hydrogen-bond donors (Lipinski definition) is 2. The molecule has 1 aromatic heterocycles. The number of methoxy groups -OCH3 is 2. The summed E-state index contributed by atoms with van der Waals surface area (Å²) in [6.45, 7) is 0.258. The molecule has 188 valence electrons. The summed E-state index contributed by atoms with van der Waals surface area (Å²) in [6.07, 6.45) is 2.39. The first-order chi connectivity index (χ1) is 17.9. The maximum absolute atomic E-state index is 13.3. The van der Waals surface area contributed by atoms with E-state index in [-0.39, 0.29) is 17.9 Å². The number of aliphatic hydroxyl groups excluding tert-OH is 1. The van der Waals surface area contributed by atoms with Crippen LogP contribution in [0.5, 0.6) is 11.5 Å². The first-order valence-electron chi connectivity index (χ1n) is 11.7. The standard InChI is InChI=1S/C29H25ClN2O5/c1-36-21-5-3-4-18(14-21)26-25(27(33)17-6-8-20(30)9-7-17)28(34)29(35)32(26)13-12-19-16-31-24-11-10-22(37-2)15-23(19)24/h3-11,14-16,26,31,33H,12-13H2,1-2H3/t26-/m1/s1. The average Bonchev–Trinajstić information content (AvgIpc) is 3.44. The Kier molecular flexibility index (Phi) is 6.63. The number of benzene rings is 3. The molecule has 1 saturated heterocycles. The van der Waals surface area contributed by atoms with Gasteiger partial charge in [0.25, 0.3) is 11.7 Å². The molecular weight excluding hydrogens is 492 g/mol. The molecule has 7 nitrogen and oxygen atoms in total. The molecule has 0 aliphatic carbocycles. The van der Waals surface area contributed by atoms with Crippen LogP contribution >= 0.6 is 11.6 Å². The molecule has 1 aliphatic rings. The van der Waals surface area contributed by atoms with Crippen molar-refractivity contribution in [3.05, 3.63) is 100 Å². The second-order valence-corrected chi connectivity index (χ2v) is 9.19. The molecule has 3 aromatic carbocycles. The van der Waals surface area contributed by atoms with Crippen molar-refractivity contribution in [3.63, 3.8) is 0 Å². The molecule has 8 heteroatoms. The molecule has 1 fully saturated rings. The molecule has 0 unspecified atom stereocenters. The molecule has 2 N–H and O–H groups in total. The van der Waals surface area contributed by atoms with E-state index >= 15 is 0 Å². The molecule has 1 atom stereocenters. The van der Waals surface area contributed by atoms with Crippen LogP contribution in [0.25, 0.3) is 16.7 Å². The summed E-state index contributed by atoms with van der Waals surface area (Å²) in [5, 5.41) is 12.7. The van der Waals surface area contributed by atoms with E-state index in [0.717, 1.165) is 22.2 Å². The van der Waals surface area contributed by atoms with E-state index in [1.54, 1.807) is 56.7 Å². The van der Waals surface area contributed by atoms with Gasteiger partial charge in [-0.25, -0.2) is 0 Å². The Hall–Kier alpha value is -4.23. The molecule has 1 aliphatic heterocycles. The lowest BCUT2D eigenvalue weighted by Crippen LogP contribution is -2.31. The maximum Gasteiger partial charge on any atom is 0.295 e. The van der Waals surface area contributed by atoms with Crippen LogP contribution in [0.2, 0.25) is 5.02 Å². The Bertz CT molecular complexity index is 1520. The fourth-order valence-electron chi connectivity index (χ4n) is 4.76. The van der Waals surface area contributed by atoms with Crippen molar-refractivity contribution in [3.8, 4) is 11.5 Å². The van der Waals surface area contributed by atoms with Crippen LogP contribution in [-0.2, 0) is 16.0 Å². The number of aliphatic hydroxyl groups is 1. The van der Waals surface area contributed by atoms with Gasteiger partial charge in [0.05, 0.1) is 25.8 Å². The van der Waals surface area contributed by atoms with Crippen molar-refractivity contribution in [2.75, 3.05) is 20.8 Å². The largest absolute Gasteiger partial charge is 0.507 e. The van der Waals surface area contributed by atoms with Gasteiger partial charge in [-0.15, -0.1) is 0 Å². The van der Waals surface area contributed by atoms with Crippen molar-refractivity contribution in [1.82, 2.24) is 9.88 Å². The Morgan fingerprint density at radius 1 is 1.00 bits per heavy atom. The number of nitrogens with one attached hydrogen (secondary N) is 1. The Balaban J connectivity index is 1.56. The highest BCUT2D eigenvalue weighted by molar-refractivity contribution is 6.46. The van der Waals surface area contributed by atoms with Gasteiger partial charge in [-0.3, -0.25) is 9.59 Å². The molecular formula is C29H25ClN2O5. The molecule has 5 rings (SSSR count). The third-order valence-corrected chi connectivity index (χ3v) is 6.92. The normalized spacial score (nSPS) is 16.9. The number of amides is 1. The van der Waals surface area contributed by atoms with E-state index in [2.05, 4.69) is 4.98 Å². The molecule has 4 aromatic rings. The van der Waals surface area contributed by atoms with Gasteiger partial charge in [-0.05, 0) is 72.1 Å². The summed E-state index contributed by atoms with van der Waals surface area (Å²) in [4.78, 5) is 31.4. The number of nitrogens with zero attached hydrogens (tertiary/aromatic N) is 1. The zero-order chi connectivity index (χ0) is 26.1. The van der Waals surface area contributed by atoms with Crippen LogP contribution in [0, 0.1) is 0 Å². The minimum atomic E-state index is -0.787. The van der Waals surface area contributed by atoms with E-state index < -0.39 is 17.7 Å². The Labute approximate surface area is 218 Å². The van der Waals surface area contributed by atoms with Gasteiger partial charge in [0.1, 0.15) is 17.3 Å². The molecule has 0 bridgehead atoms. The molecule has 0 spiro atoms. The molecule has 0 saturated carbocycles. The van der Waals surface area contributed by atoms with Gasteiger partial charge in [-0.1, -0.05) is 23.7 Å². The average molecular weight is 517 g/mol. The number of Topliss-reactive ketones (excluding diaryl/α,β-unsaturated/α-hetero) is 1. The third-order valence-electron chi connectivity index (χ3n) is 6.66. The minimum absolute atomic E-state index is 0.0289. The third kappa shape index (κ3) is 4.54. The number of aromatic amines is 1. The predicted molar refractivity (Wildman–Crippen MR) is 142 cm³/mol. The fraction of sp³-hybridized carbons (Fsp3) is 0.172. The van der Waals surface area contributed by atoms with Crippen LogP contribution in [0.3, 0.4) is 0 Å². The van der Waals surface area contributed by atoms with E-state index in [0.29, 0.717) is 28.3 Å². The van der Waals surface area contributed by atoms with Crippen molar-refractivity contribution >= 4 is 40.0 Å². The number of carbonyl (C=O) groups excluding carboxylic acids is 2. The number of ether oxygens (including phenoxy) is 2. The van der Waals surface area contributed by atoms with Gasteiger partial charge in [0.15, 0.2) is 0 Å². The van der Waals surface area contributed by atoms with E-state index in [9.17, 15) is 14.7 Å². The summed E-state index contributed by atoms with van der Waals surface area (Å²) < 4.78 is 10.8. The fourth-order valence-corrected chi connectivity index (χ4v) is 4.89. The molecule has 1 amide bonds. The quantitative estimate of drug-likeness (QED) is 0.192. The van der Waals surface area contributed by atoms with Crippen molar-refractivity contribution in [2.24, 2.45) is 0 Å². The smallest absolute Gasteiger partial charge is 0.295 e. The SMILES string of the molecule is COc1cccc([C@@H]2C(=C(O)c3ccc(Cl)cc3)C(=O)C(=O)N2CCc2c[nH]c3ccc(OC)cc23)c1. The second kappa shape index (κ2) is 10.0. The summed E-state index contributed by atoms with van der Waals surface area (Å²) >= 11 is 6.01. The lowest BCUT2D eigenvalue weighted by Gasteiger charge is -2.25. The monoisotopic (exact) mass is 516 g/mol. The molecule has 0 radical (unpaired) electrons. The zero-order valence-electron chi connectivity index (χ0n) is 20.3. The highest BCUT2D eigenvalue weighted by atomic mass is 35.5. The van der Waals surface area contributed by atoms with Crippen LogP contribution in [-0.4, -0.2) is 47.4 Å². The van der Waals surface area contributed by atoms with Crippen molar-refractivity contribution in [2.45, 2.75) is 12.5 Å². The van der Waals surface area contributed by atoms with E-state index in [1.165, 1.54) is 4.90 Å². The summed E-state index contributed by atoms with van der Waals surface area (Å²) in [6, 6.07) is 18.6. The number of ketones is 1. The highest BCUT2D eigenvalue weighted by Crippen LogP contribution is 2.40. The van der Waals surface area contributed by atoms with Gasteiger partial charge in [-0.2, -0.15) is 0 Å². The van der Waals surface area contributed by atoms with E-state index in [1.807, 2.05) is 30.5 Å². The number of aromatic nitrogens is 1. The number of rotatable bonds is 7. The number of H-pyrrole nitrogens is 1. The van der Waals surface area contributed by atoms with Gasteiger partial charge >= 0.3 is 0 Å². The topological polar surface area (TPSA) is 91.9 Å². The van der Waals surface area contributed by atoms with Gasteiger partial charge in [0, 0.05) is 34.2 Å². The summed E-state index contributed by atoms with van der Waals surface area (Å²) in [7, 11) is 3.16. The second-order valence-electron chi connectivity index (χ2n) is 8.75. The van der Waals surface area contributed by atoms with Crippen LogP contribution in [0.4, 0.5) is 0 Å². The number of hydrogen-bond acceptors (Lipinski definition) is 5. The summed E-state index contributed by atoms with van der Waals surface area (Å²) in [5.41, 5.74) is 3.03. The molecule has 2 heterocycles. The Morgan fingerprint density at radius 2 is 1.73 bits per heavy atom. The number of carbonyl (C=O) groups is 2. The lowest BCUT2D eigenvalue weighted by atomic mass is 9.95. The van der Waals surface area contributed by atoms with Crippen LogP contribution in [0.15, 0.2) is 78.5 Å². The number of halogens is 1. The first-order valence-corrected chi connectivity index (χ1v) is 12.1. The van der Waals surface area contributed by atoms with Gasteiger partial charge in [0.2, 0.25) is 0 Å². The highest BCUT2D eigenvalue weighted by Gasteiger charge is 2.46. The van der Waals surface area contributed by atoms with Crippen LogP contribution < -0.4 is 9.47 Å². The van der Waals surface area contributed by atoms with Gasteiger partial charge < -0.3 is 24.5 Å². The minimum Gasteiger partial charge on any atom is -0.507 e. The Morgan fingerprint density at radius 3 is 2.46 bits per heavy atom. The van der Waals surface area contributed by atoms with Crippen molar-refractivity contribution in [1.29, 1.82) is 0 Å².